The molecule has 1 rings (SSSR count). The number of ether oxygens (including phenoxy) is 2. The second-order valence-corrected chi connectivity index (χ2v) is 6.97. The van der Waals surface area contributed by atoms with Gasteiger partial charge in [-0.25, -0.2) is 4.79 Å². The molecule has 134 valence electrons. The van der Waals surface area contributed by atoms with E-state index in [1.165, 1.54) is 0 Å². The fourth-order valence-corrected chi connectivity index (χ4v) is 1.97. The first-order valence-corrected chi connectivity index (χ1v) is 8.16. The number of hydrogen-bond donors (Lipinski definition) is 3. The Morgan fingerprint density at radius 3 is 2.46 bits per heavy atom. The SMILES string of the molecule is CCC(C)C(NC(=O)OC(C)(C)C)Oc1cc(B(O)O)ccc1C. The summed E-state index contributed by atoms with van der Waals surface area (Å²) in [6, 6.07) is 4.92. The van der Waals surface area contributed by atoms with Gasteiger partial charge in [-0.15, -0.1) is 0 Å². The van der Waals surface area contributed by atoms with Crippen LogP contribution in [-0.2, 0) is 4.74 Å². The first-order chi connectivity index (χ1) is 11.0. The van der Waals surface area contributed by atoms with Crippen LogP contribution in [-0.4, -0.2) is 35.1 Å². The van der Waals surface area contributed by atoms with Crippen molar-refractivity contribution in [2.75, 3.05) is 0 Å². The van der Waals surface area contributed by atoms with Gasteiger partial charge in [0.2, 0.25) is 0 Å². The Hall–Kier alpha value is -1.73. The van der Waals surface area contributed by atoms with Crippen molar-refractivity contribution in [3.63, 3.8) is 0 Å². The van der Waals surface area contributed by atoms with Crippen LogP contribution < -0.4 is 15.5 Å². The summed E-state index contributed by atoms with van der Waals surface area (Å²) in [6.07, 6.45) is -0.347. The number of hydrogen-bond acceptors (Lipinski definition) is 5. The molecule has 0 fully saturated rings. The summed E-state index contributed by atoms with van der Waals surface area (Å²) < 4.78 is 11.2. The first kappa shape index (κ1) is 20.3. The van der Waals surface area contributed by atoms with Crippen LogP contribution in [0.5, 0.6) is 5.75 Å². The minimum absolute atomic E-state index is 0.0413. The van der Waals surface area contributed by atoms with Crippen molar-refractivity contribution in [1.82, 2.24) is 5.32 Å². The molecular weight excluding hydrogens is 309 g/mol. The molecule has 0 saturated carbocycles. The van der Waals surface area contributed by atoms with Gasteiger partial charge in [0.15, 0.2) is 6.23 Å². The summed E-state index contributed by atoms with van der Waals surface area (Å²) in [6.45, 7) is 11.2. The van der Waals surface area contributed by atoms with Gasteiger partial charge in [-0.1, -0.05) is 26.0 Å². The highest BCUT2D eigenvalue weighted by Crippen LogP contribution is 2.20. The average Bonchev–Trinajstić information content (AvgIpc) is 2.45. The number of carbonyl (C=O) groups excluding carboxylic acids is 1. The van der Waals surface area contributed by atoms with E-state index in [9.17, 15) is 14.8 Å². The number of rotatable bonds is 6. The Morgan fingerprint density at radius 2 is 1.96 bits per heavy atom. The second kappa shape index (κ2) is 8.40. The van der Waals surface area contributed by atoms with E-state index in [1.54, 1.807) is 39.0 Å². The quantitative estimate of drug-likeness (QED) is 0.545. The predicted octanol–water partition coefficient (Wildman–Crippen LogP) is 1.95. The molecule has 0 bridgehead atoms. The molecule has 1 aromatic carbocycles. The minimum Gasteiger partial charge on any atom is -0.470 e. The van der Waals surface area contributed by atoms with Crippen LogP contribution in [0, 0.1) is 12.8 Å². The van der Waals surface area contributed by atoms with E-state index >= 15 is 0 Å². The van der Waals surface area contributed by atoms with Crippen LogP contribution in [0.25, 0.3) is 0 Å². The number of benzene rings is 1. The minimum atomic E-state index is -1.58. The number of carbonyl (C=O) groups is 1. The molecule has 7 heteroatoms. The zero-order valence-electron chi connectivity index (χ0n) is 15.3. The fourth-order valence-electron chi connectivity index (χ4n) is 1.97. The van der Waals surface area contributed by atoms with E-state index in [2.05, 4.69) is 5.32 Å². The second-order valence-electron chi connectivity index (χ2n) is 6.97. The Balaban J connectivity index is 2.94. The molecule has 0 aliphatic heterocycles. The molecule has 1 amide bonds. The summed E-state index contributed by atoms with van der Waals surface area (Å²) in [7, 11) is -1.58. The van der Waals surface area contributed by atoms with E-state index in [0.29, 0.717) is 11.2 Å². The van der Waals surface area contributed by atoms with E-state index in [-0.39, 0.29) is 5.92 Å². The summed E-state index contributed by atoms with van der Waals surface area (Å²) >= 11 is 0. The van der Waals surface area contributed by atoms with Crippen LogP contribution in [0.2, 0.25) is 0 Å². The van der Waals surface area contributed by atoms with Crippen molar-refractivity contribution in [1.29, 1.82) is 0 Å². The normalized spacial score (nSPS) is 13.8. The summed E-state index contributed by atoms with van der Waals surface area (Å²) in [4.78, 5) is 12.0. The van der Waals surface area contributed by atoms with Crippen LogP contribution in [0.15, 0.2) is 18.2 Å². The van der Waals surface area contributed by atoms with Gasteiger partial charge in [0, 0.05) is 5.92 Å². The van der Waals surface area contributed by atoms with Crippen molar-refractivity contribution in [2.24, 2.45) is 5.92 Å². The molecule has 0 radical (unpaired) electrons. The summed E-state index contributed by atoms with van der Waals surface area (Å²) in [5.41, 5.74) is 0.565. The molecule has 2 atom stereocenters. The van der Waals surface area contributed by atoms with Gasteiger partial charge in [-0.3, -0.25) is 5.32 Å². The number of aryl methyl sites for hydroxylation is 1. The van der Waals surface area contributed by atoms with Crippen molar-refractivity contribution in [2.45, 2.75) is 59.8 Å². The highest BCUT2D eigenvalue weighted by molar-refractivity contribution is 6.58. The molecule has 6 nitrogen and oxygen atoms in total. The fraction of sp³-hybridized carbons (Fsp3) is 0.588. The van der Waals surface area contributed by atoms with E-state index in [1.807, 2.05) is 20.8 Å². The van der Waals surface area contributed by atoms with Crippen molar-refractivity contribution >= 4 is 18.7 Å². The third kappa shape index (κ3) is 6.41. The monoisotopic (exact) mass is 337 g/mol. The molecule has 0 heterocycles. The van der Waals surface area contributed by atoms with Gasteiger partial charge < -0.3 is 19.5 Å². The topological polar surface area (TPSA) is 88.0 Å². The van der Waals surface area contributed by atoms with Gasteiger partial charge in [0.05, 0.1) is 0 Å². The lowest BCUT2D eigenvalue weighted by Crippen LogP contribution is -2.46. The molecule has 24 heavy (non-hydrogen) atoms. The predicted molar refractivity (Wildman–Crippen MR) is 94.2 cm³/mol. The van der Waals surface area contributed by atoms with Crippen molar-refractivity contribution in [3.05, 3.63) is 23.8 Å². The Labute approximate surface area is 144 Å². The Bertz CT molecular complexity index is 556. The number of amides is 1. The molecule has 3 N–H and O–H groups in total. The number of nitrogens with one attached hydrogen (secondary N) is 1. The van der Waals surface area contributed by atoms with Gasteiger partial charge in [0.1, 0.15) is 11.4 Å². The molecule has 0 saturated heterocycles. The summed E-state index contributed by atoms with van der Waals surface area (Å²) in [5, 5.41) is 21.4. The largest absolute Gasteiger partial charge is 0.488 e. The standard InChI is InChI=1S/C17H28BNO5/c1-7-11(2)15(19-16(20)24-17(4,5)6)23-14-10-13(18(21)22)9-8-12(14)3/h8-11,15,21-22H,7H2,1-6H3,(H,19,20). The zero-order chi connectivity index (χ0) is 18.5. The first-order valence-electron chi connectivity index (χ1n) is 8.16. The van der Waals surface area contributed by atoms with Crippen LogP contribution >= 0.6 is 0 Å². The molecule has 2 unspecified atom stereocenters. The van der Waals surface area contributed by atoms with Crippen molar-refractivity contribution in [3.8, 4) is 5.75 Å². The zero-order valence-corrected chi connectivity index (χ0v) is 15.3. The molecular formula is C17H28BNO5. The molecule has 0 aliphatic carbocycles. The third-order valence-corrected chi connectivity index (χ3v) is 3.58. The molecule has 0 aliphatic rings. The highest BCUT2D eigenvalue weighted by atomic mass is 16.6. The molecule has 0 aromatic heterocycles. The highest BCUT2D eigenvalue weighted by Gasteiger charge is 2.25. The van der Waals surface area contributed by atoms with Gasteiger partial charge in [-0.05, 0) is 51.2 Å². The summed E-state index contributed by atoms with van der Waals surface area (Å²) in [5.74, 6) is 0.529. The van der Waals surface area contributed by atoms with Crippen LogP contribution in [0.3, 0.4) is 0 Å². The maximum absolute atomic E-state index is 12.0. The Kier molecular flexibility index (Phi) is 7.11. The lowest BCUT2D eigenvalue weighted by atomic mass is 9.80. The van der Waals surface area contributed by atoms with Crippen molar-refractivity contribution < 1.29 is 24.3 Å². The maximum atomic E-state index is 12.0. The lowest BCUT2D eigenvalue weighted by molar-refractivity contribution is 0.0305. The number of alkyl carbamates (subject to hydrolysis) is 1. The molecule has 0 spiro atoms. The van der Waals surface area contributed by atoms with Crippen LogP contribution in [0.4, 0.5) is 4.79 Å². The van der Waals surface area contributed by atoms with E-state index < -0.39 is 25.0 Å². The van der Waals surface area contributed by atoms with Crippen LogP contribution in [0.1, 0.15) is 46.6 Å². The maximum Gasteiger partial charge on any atom is 0.488 e. The smallest absolute Gasteiger partial charge is 0.470 e. The van der Waals surface area contributed by atoms with Gasteiger partial charge in [0.25, 0.3) is 0 Å². The van der Waals surface area contributed by atoms with Gasteiger partial charge in [-0.2, -0.15) is 0 Å². The molecule has 1 aromatic rings. The lowest BCUT2D eigenvalue weighted by Gasteiger charge is -2.28. The average molecular weight is 337 g/mol. The van der Waals surface area contributed by atoms with E-state index in [4.69, 9.17) is 9.47 Å². The third-order valence-electron chi connectivity index (χ3n) is 3.58. The van der Waals surface area contributed by atoms with Gasteiger partial charge >= 0.3 is 13.2 Å². The Morgan fingerprint density at radius 1 is 1.33 bits per heavy atom. The van der Waals surface area contributed by atoms with E-state index in [0.717, 1.165) is 12.0 Å².